The molecule has 2 N–H and O–H groups in total. The van der Waals surface area contributed by atoms with Crippen LogP contribution in [0.3, 0.4) is 0 Å². The highest BCUT2D eigenvalue weighted by molar-refractivity contribution is 6.06. The average molecular weight is 342 g/mol. The minimum Gasteiger partial charge on any atom is -0.492 e. The number of ether oxygens (including phenoxy) is 1. The number of nitrogens with one attached hydrogen (secondary N) is 2. The Morgan fingerprint density at radius 3 is 3.00 bits per heavy atom. The van der Waals surface area contributed by atoms with E-state index in [9.17, 15) is 9.59 Å². The van der Waals surface area contributed by atoms with Gasteiger partial charge in [-0.2, -0.15) is 5.26 Å². The van der Waals surface area contributed by atoms with Crippen molar-refractivity contribution in [1.82, 2.24) is 15.5 Å². The molecule has 2 fully saturated rings. The number of imide groups is 1. The van der Waals surface area contributed by atoms with Crippen molar-refractivity contribution in [3.05, 3.63) is 29.8 Å². The second-order valence-electron chi connectivity index (χ2n) is 6.74. The summed E-state index contributed by atoms with van der Waals surface area (Å²) in [7, 11) is 0. The third-order valence-electron chi connectivity index (χ3n) is 5.03. The van der Waals surface area contributed by atoms with Crippen LogP contribution in [0.5, 0.6) is 5.75 Å². The SMILES string of the molecule is C[C@]1([C@H]2CCCN(CCOc3cccc(C#N)c3)C2)NC(=O)NC1=O. The van der Waals surface area contributed by atoms with Gasteiger partial charge in [0.1, 0.15) is 17.9 Å². The van der Waals surface area contributed by atoms with Crippen molar-refractivity contribution in [3.8, 4) is 11.8 Å². The summed E-state index contributed by atoms with van der Waals surface area (Å²) < 4.78 is 5.73. The molecule has 0 aliphatic carbocycles. The van der Waals surface area contributed by atoms with Crippen molar-refractivity contribution in [2.75, 3.05) is 26.2 Å². The monoisotopic (exact) mass is 342 g/mol. The molecular formula is C18H22N4O3. The maximum absolute atomic E-state index is 12.1. The Labute approximate surface area is 146 Å². The predicted molar refractivity (Wildman–Crippen MR) is 90.9 cm³/mol. The summed E-state index contributed by atoms with van der Waals surface area (Å²) in [5.41, 5.74) is -0.260. The average Bonchev–Trinajstić information content (AvgIpc) is 2.88. The second kappa shape index (κ2) is 7.11. The number of nitriles is 1. The fourth-order valence-electron chi connectivity index (χ4n) is 3.52. The number of carbonyl (C=O) groups is 2. The summed E-state index contributed by atoms with van der Waals surface area (Å²) in [5.74, 6) is 0.519. The van der Waals surface area contributed by atoms with E-state index in [-0.39, 0.29) is 11.8 Å². The highest BCUT2D eigenvalue weighted by atomic mass is 16.5. The number of urea groups is 1. The number of hydrogen-bond donors (Lipinski definition) is 2. The smallest absolute Gasteiger partial charge is 0.322 e. The molecule has 132 valence electrons. The van der Waals surface area contributed by atoms with Crippen molar-refractivity contribution in [2.45, 2.75) is 25.3 Å². The van der Waals surface area contributed by atoms with Crippen molar-refractivity contribution < 1.29 is 14.3 Å². The molecule has 0 spiro atoms. The van der Waals surface area contributed by atoms with Gasteiger partial charge in [-0.3, -0.25) is 15.0 Å². The van der Waals surface area contributed by atoms with Crippen LogP contribution in [0.4, 0.5) is 4.79 Å². The van der Waals surface area contributed by atoms with Gasteiger partial charge in [0.15, 0.2) is 0 Å². The Kier molecular flexibility index (Phi) is 4.91. The van der Waals surface area contributed by atoms with E-state index in [0.717, 1.165) is 32.5 Å². The number of amides is 3. The van der Waals surface area contributed by atoms with E-state index in [1.807, 2.05) is 6.07 Å². The number of nitrogens with zero attached hydrogens (tertiary/aromatic N) is 2. The molecule has 1 aromatic carbocycles. The van der Waals surface area contributed by atoms with Crippen LogP contribution in [0.2, 0.25) is 0 Å². The van der Waals surface area contributed by atoms with E-state index in [4.69, 9.17) is 10.00 Å². The summed E-state index contributed by atoms with van der Waals surface area (Å²) in [6.45, 7) is 4.73. The molecule has 0 bridgehead atoms. The first-order valence-corrected chi connectivity index (χ1v) is 8.50. The second-order valence-corrected chi connectivity index (χ2v) is 6.74. The van der Waals surface area contributed by atoms with Crippen LogP contribution in [0.15, 0.2) is 24.3 Å². The molecule has 2 aliphatic heterocycles. The molecule has 7 nitrogen and oxygen atoms in total. The van der Waals surface area contributed by atoms with Crippen LogP contribution in [-0.2, 0) is 4.79 Å². The first-order chi connectivity index (χ1) is 12.0. The highest BCUT2D eigenvalue weighted by Crippen LogP contribution is 2.29. The van der Waals surface area contributed by atoms with E-state index >= 15 is 0 Å². The zero-order valence-electron chi connectivity index (χ0n) is 14.2. The van der Waals surface area contributed by atoms with Gasteiger partial charge in [0.05, 0.1) is 11.6 Å². The molecule has 2 aliphatic rings. The first kappa shape index (κ1) is 17.2. The number of piperidine rings is 1. The van der Waals surface area contributed by atoms with Crippen LogP contribution in [-0.4, -0.2) is 48.6 Å². The van der Waals surface area contributed by atoms with Crippen LogP contribution in [0.1, 0.15) is 25.3 Å². The maximum atomic E-state index is 12.1. The maximum Gasteiger partial charge on any atom is 0.322 e. The molecule has 0 aromatic heterocycles. The molecule has 7 heteroatoms. The third-order valence-corrected chi connectivity index (χ3v) is 5.03. The Bertz CT molecular complexity index is 715. The fourth-order valence-corrected chi connectivity index (χ4v) is 3.52. The van der Waals surface area contributed by atoms with Gasteiger partial charge in [0, 0.05) is 19.0 Å². The van der Waals surface area contributed by atoms with E-state index in [0.29, 0.717) is 17.9 Å². The molecular weight excluding hydrogens is 320 g/mol. The molecule has 1 aromatic rings. The zero-order valence-corrected chi connectivity index (χ0v) is 14.2. The van der Waals surface area contributed by atoms with Gasteiger partial charge < -0.3 is 10.1 Å². The van der Waals surface area contributed by atoms with Crippen molar-refractivity contribution in [1.29, 1.82) is 5.26 Å². The lowest BCUT2D eigenvalue weighted by molar-refractivity contribution is -0.126. The number of likely N-dealkylation sites (tertiary alicyclic amines) is 1. The Balaban J connectivity index is 1.53. The zero-order chi connectivity index (χ0) is 17.9. The van der Waals surface area contributed by atoms with E-state index < -0.39 is 11.6 Å². The van der Waals surface area contributed by atoms with Gasteiger partial charge in [0.25, 0.3) is 5.91 Å². The van der Waals surface area contributed by atoms with Crippen molar-refractivity contribution in [2.24, 2.45) is 5.92 Å². The summed E-state index contributed by atoms with van der Waals surface area (Å²) >= 11 is 0. The number of rotatable bonds is 5. The highest BCUT2D eigenvalue weighted by Gasteiger charge is 2.48. The Morgan fingerprint density at radius 1 is 1.44 bits per heavy atom. The molecule has 2 saturated heterocycles. The minimum absolute atomic E-state index is 0.0783. The van der Waals surface area contributed by atoms with Gasteiger partial charge in [-0.15, -0.1) is 0 Å². The van der Waals surface area contributed by atoms with Crippen molar-refractivity contribution >= 4 is 11.9 Å². The molecule has 2 atom stereocenters. The number of hydrogen-bond acceptors (Lipinski definition) is 5. The molecule has 0 unspecified atom stereocenters. The van der Waals surface area contributed by atoms with E-state index in [2.05, 4.69) is 21.6 Å². The van der Waals surface area contributed by atoms with Crippen LogP contribution < -0.4 is 15.4 Å². The summed E-state index contributed by atoms with van der Waals surface area (Å²) in [6.07, 6.45) is 1.89. The third kappa shape index (κ3) is 3.74. The lowest BCUT2D eigenvalue weighted by atomic mass is 9.80. The number of benzene rings is 1. The molecule has 3 amide bonds. The Morgan fingerprint density at radius 2 is 2.28 bits per heavy atom. The molecule has 3 rings (SSSR count). The molecule has 25 heavy (non-hydrogen) atoms. The van der Waals surface area contributed by atoms with Gasteiger partial charge in [-0.25, -0.2) is 4.79 Å². The van der Waals surface area contributed by atoms with Crippen LogP contribution >= 0.6 is 0 Å². The number of carbonyl (C=O) groups excluding carboxylic acids is 2. The van der Waals surface area contributed by atoms with Crippen LogP contribution in [0.25, 0.3) is 0 Å². The molecule has 2 heterocycles. The quantitative estimate of drug-likeness (QED) is 0.785. The van der Waals surface area contributed by atoms with E-state index in [1.165, 1.54) is 0 Å². The minimum atomic E-state index is -0.836. The fraction of sp³-hybridized carbons (Fsp3) is 0.500. The normalized spacial score (nSPS) is 26.6. The van der Waals surface area contributed by atoms with Crippen LogP contribution in [0, 0.1) is 17.2 Å². The lowest BCUT2D eigenvalue weighted by Gasteiger charge is -2.39. The summed E-state index contributed by atoms with van der Waals surface area (Å²) in [5, 5.41) is 14.0. The standard InChI is InChI=1S/C18H22N4O3/c1-18(16(23)20-17(24)21-18)14-5-3-7-22(12-14)8-9-25-15-6-2-4-13(10-15)11-19/h2,4,6,10,14H,3,5,7-9,12H2,1H3,(H2,20,21,23,24)/t14-,18+/m0/s1. The van der Waals surface area contributed by atoms with Gasteiger partial charge in [-0.05, 0) is 44.5 Å². The summed E-state index contributed by atoms with van der Waals surface area (Å²) in [6, 6.07) is 8.77. The van der Waals surface area contributed by atoms with E-state index in [1.54, 1.807) is 25.1 Å². The first-order valence-electron chi connectivity index (χ1n) is 8.50. The van der Waals surface area contributed by atoms with Crippen molar-refractivity contribution in [3.63, 3.8) is 0 Å². The molecule has 0 saturated carbocycles. The van der Waals surface area contributed by atoms with Gasteiger partial charge in [-0.1, -0.05) is 6.07 Å². The topological polar surface area (TPSA) is 94.5 Å². The molecule has 0 radical (unpaired) electrons. The largest absolute Gasteiger partial charge is 0.492 e. The summed E-state index contributed by atoms with van der Waals surface area (Å²) in [4.78, 5) is 25.8. The van der Waals surface area contributed by atoms with Gasteiger partial charge in [0.2, 0.25) is 0 Å². The lowest BCUT2D eigenvalue weighted by Crippen LogP contribution is -2.56. The Hall–Kier alpha value is -2.59. The van der Waals surface area contributed by atoms with Gasteiger partial charge >= 0.3 is 6.03 Å². The predicted octanol–water partition coefficient (Wildman–Crippen LogP) is 1.25.